The van der Waals surface area contributed by atoms with Crippen molar-refractivity contribution in [2.24, 2.45) is 4.99 Å². The summed E-state index contributed by atoms with van der Waals surface area (Å²) >= 11 is 0. The highest BCUT2D eigenvalue weighted by atomic mass is 16.5. The van der Waals surface area contributed by atoms with Crippen LogP contribution in [0.15, 0.2) is 20.0 Å². The minimum absolute atomic E-state index is 0.242. The van der Waals surface area contributed by atoms with Crippen molar-refractivity contribution < 1.29 is 14.0 Å². The summed E-state index contributed by atoms with van der Waals surface area (Å²) in [5, 5.41) is 21.3. The van der Waals surface area contributed by atoms with E-state index in [-0.39, 0.29) is 6.54 Å². The average Bonchev–Trinajstić information content (AvgIpc) is 3.11. The first-order valence-corrected chi connectivity index (χ1v) is 9.48. The van der Waals surface area contributed by atoms with Crippen LogP contribution in [0.5, 0.6) is 0 Å². The Labute approximate surface area is 161 Å². The normalized spacial score (nSPS) is 14.3. The van der Waals surface area contributed by atoms with Gasteiger partial charge in [-0.15, -0.1) is 0 Å². The van der Waals surface area contributed by atoms with E-state index in [9.17, 15) is 5.11 Å². The second-order valence-corrected chi connectivity index (χ2v) is 7.13. The van der Waals surface area contributed by atoms with Crippen LogP contribution in [0.2, 0.25) is 0 Å². The van der Waals surface area contributed by atoms with Crippen LogP contribution in [0, 0.1) is 27.7 Å². The van der Waals surface area contributed by atoms with E-state index in [4.69, 9.17) is 8.94 Å². The number of nitrogens with one attached hydrogen (secondary N) is 2. The maximum atomic E-state index is 10.8. The Morgan fingerprint density at radius 3 is 2.52 bits per heavy atom. The van der Waals surface area contributed by atoms with Gasteiger partial charge in [-0.1, -0.05) is 5.16 Å². The molecule has 0 aliphatic rings. The molecule has 0 saturated heterocycles. The predicted molar refractivity (Wildman–Crippen MR) is 106 cm³/mol. The highest BCUT2D eigenvalue weighted by molar-refractivity contribution is 5.79. The number of rotatable bonds is 8. The minimum Gasteiger partial charge on any atom is -0.466 e. The van der Waals surface area contributed by atoms with Crippen LogP contribution in [0.1, 0.15) is 54.4 Å². The number of aliphatic imine (C=N–C) groups is 1. The molecule has 150 valence electrons. The van der Waals surface area contributed by atoms with Crippen molar-refractivity contribution in [3.05, 3.63) is 40.2 Å². The van der Waals surface area contributed by atoms with Crippen LogP contribution in [0.4, 0.5) is 0 Å². The standard InChI is InChI=1S/C20H32N4O3/c1-7-21-19(22-10-8-9-17-14(3)24-27-15(17)4)23-12-20(6,25)18-11-13(2)26-16(18)5/h11,25H,7-10,12H2,1-6H3,(H2,21,22,23). The maximum Gasteiger partial charge on any atom is 0.191 e. The van der Waals surface area contributed by atoms with Gasteiger partial charge in [-0.2, -0.15) is 0 Å². The van der Waals surface area contributed by atoms with Gasteiger partial charge in [0, 0.05) is 24.2 Å². The lowest BCUT2D eigenvalue weighted by Gasteiger charge is -2.21. The van der Waals surface area contributed by atoms with Crippen molar-refractivity contribution in [2.75, 3.05) is 19.6 Å². The van der Waals surface area contributed by atoms with Crippen LogP contribution in [0.3, 0.4) is 0 Å². The molecule has 2 aromatic rings. The molecule has 7 nitrogen and oxygen atoms in total. The Kier molecular flexibility index (Phi) is 7.07. The van der Waals surface area contributed by atoms with Crippen molar-refractivity contribution in [1.29, 1.82) is 0 Å². The quantitative estimate of drug-likeness (QED) is 0.372. The lowest BCUT2D eigenvalue weighted by atomic mass is 9.96. The second kappa shape index (κ2) is 9.08. The molecule has 0 spiro atoms. The summed E-state index contributed by atoms with van der Waals surface area (Å²) in [6.45, 7) is 13.2. The van der Waals surface area contributed by atoms with Crippen LogP contribution >= 0.6 is 0 Å². The van der Waals surface area contributed by atoms with Gasteiger partial charge in [0.05, 0.1) is 12.2 Å². The summed E-state index contributed by atoms with van der Waals surface area (Å²) in [4.78, 5) is 4.55. The van der Waals surface area contributed by atoms with Crippen LogP contribution in [-0.2, 0) is 12.0 Å². The lowest BCUT2D eigenvalue weighted by molar-refractivity contribution is 0.0657. The van der Waals surface area contributed by atoms with Gasteiger partial charge in [0.15, 0.2) is 5.96 Å². The largest absolute Gasteiger partial charge is 0.466 e. The van der Waals surface area contributed by atoms with Crippen molar-refractivity contribution >= 4 is 5.96 Å². The highest BCUT2D eigenvalue weighted by Crippen LogP contribution is 2.27. The molecule has 2 heterocycles. The SMILES string of the molecule is CCNC(=NCC(C)(O)c1cc(C)oc1C)NCCCc1c(C)noc1C. The Morgan fingerprint density at radius 2 is 1.96 bits per heavy atom. The zero-order valence-electron chi connectivity index (χ0n) is 17.3. The maximum absolute atomic E-state index is 10.8. The second-order valence-electron chi connectivity index (χ2n) is 7.13. The molecule has 3 N–H and O–H groups in total. The first kappa shape index (κ1) is 21.0. The summed E-state index contributed by atoms with van der Waals surface area (Å²) in [5.41, 5.74) is 1.82. The molecule has 0 fully saturated rings. The van der Waals surface area contributed by atoms with E-state index >= 15 is 0 Å². The highest BCUT2D eigenvalue weighted by Gasteiger charge is 2.27. The molecule has 2 aromatic heterocycles. The van der Waals surface area contributed by atoms with Gasteiger partial charge in [0.25, 0.3) is 0 Å². The molecule has 0 aliphatic heterocycles. The number of aryl methyl sites for hydroxylation is 4. The predicted octanol–water partition coefficient (Wildman–Crippen LogP) is 2.90. The van der Waals surface area contributed by atoms with Crippen LogP contribution < -0.4 is 10.6 Å². The first-order valence-electron chi connectivity index (χ1n) is 9.48. The fourth-order valence-corrected chi connectivity index (χ4v) is 3.16. The van der Waals surface area contributed by atoms with Gasteiger partial charge < -0.3 is 24.7 Å². The molecule has 1 unspecified atom stereocenters. The lowest BCUT2D eigenvalue weighted by Crippen LogP contribution is -2.39. The number of aliphatic hydroxyl groups is 1. The molecule has 27 heavy (non-hydrogen) atoms. The summed E-state index contributed by atoms with van der Waals surface area (Å²) in [6, 6.07) is 1.87. The number of guanidine groups is 1. The Balaban J connectivity index is 1.92. The Morgan fingerprint density at radius 1 is 1.22 bits per heavy atom. The molecule has 0 saturated carbocycles. The van der Waals surface area contributed by atoms with E-state index in [2.05, 4.69) is 20.8 Å². The van der Waals surface area contributed by atoms with Crippen molar-refractivity contribution in [1.82, 2.24) is 15.8 Å². The van der Waals surface area contributed by atoms with E-state index in [0.717, 1.165) is 54.5 Å². The van der Waals surface area contributed by atoms with Gasteiger partial charge in [-0.3, -0.25) is 0 Å². The molecule has 7 heteroatoms. The zero-order chi connectivity index (χ0) is 20.0. The molecule has 0 bridgehead atoms. The summed E-state index contributed by atoms with van der Waals surface area (Å²) in [5.74, 6) is 3.09. The van der Waals surface area contributed by atoms with E-state index in [0.29, 0.717) is 5.96 Å². The van der Waals surface area contributed by atoms with E-state index < -0.39 is 5.60 Å². The summed E-state index contributed by atoms with van der Waals surface area (Å²) < 4.78 is 10.7. The number of aromatic nitrogens is 1. The minimum atomic E-state index is -1.08. The summed E-state index contributed by atoms with van der Waals surface area (Å²) in [6.07, 6.45) is 1.84. The molecule has 1 atom stereocenters. The molecular weight excluding hydrogens is 344 g/mol. The zero-order valence-corrected chi connectivity index (χ0v) is 17.3. The third-order valence-electron chi connectivity index (χ3n) is 4.59. The van der Waals surface area contributed by atoms with E-state index in [1.54, 1.807) is 6.92 Å². The molecule has 0 radical (unpaired) electrons. The topological polar surface area (TPSA) is 95.8 Å². The van der Waals surface area contributed by atoms with Gasteiger partial charge in [0.2, 0.25) is 0 Å². The van der Waals surface area contributed by atoms with Crippen molar-refractivity contribution in [3.63, 3.8) is 0 Å². The van der Waals surface area contributed by atoms with E-state index in [1.807, 2.05) is 40.7 Å². The average molecular weight is 377 g/mol. The molecule has 0 aliphatic carbocycles. The molecule has 0 aromatic carbocycles. The van der Waals surface area contributed by atoms with Gasteiger partial charge in [0.1, 0.15) is 22.9 Å². The van der Waals surface area contributed by atoms with Crippen LogP contribution in [0.25, 0.3) is 0 Å². The number of nitrogens with zero attached hydrogens (tertiary/aromatic N) is 2. The first-order chi connectivity index (χ1) is 12.7. The number of hydrogen-bond acceptors (Lipinski definition) is 5. The third kappa shape index (κ3) is 5.60. The monoisotopic (exact) mass is 376 g/mol. The van der Waals surface area contributed by atoms with Gasteiger partial charge in [-0.05, 0) is 60.5 Å². The fourth-order valence-electron chi connectivity index (χ4n) is 3.16. The third-order valence-corrected chi connectivity index (χ3v) is 4.59. The van der Waals surface area contributed by atoms with Crippen LogP contribution in [-0.4, -0.2) is 35.9 Å². The Bertz CT molecular complexity index is 755. The van der Waals surface area contributed by atoms with Crippen molar-refractivity contribution in [3.8, 4) is 0 Å². The fraction of sp³-hybridized carbons (Fsp3) is 0.600. The number of hydrogen-bond donors (Lipinski definition) is 3. The Hall–Kier alpha value is -2.28. The summed E-state index contributed by atoms with van der Waals surface area (Å²) in [7, 11) is 0. The molecule has 0 amide bonds. The smallest absolute Gasteiger partial charge is 0.191 e. The van der Waals surface area contributed by atoms with Gasteiger partial charge in [-0.25, -0.2) is 4.99 Å². The molecule has 2 rings (SSSR count). The van der Waals surface area contributed by atoms with Crippen molar-refractivity contribution in [2.45, 2.75) is 60.0 Å². The van der Waals surface area contributed by atoms with E-state index in [1.165, 1.54) is 5.56 Å². The number of furan rings is 1. The molecular formula is C20H32N4O3. The van der Waals surface area contributed by atoms with Gasteiger partial charge >= 0.3 is 0 Å².